The molecular formula is C13H15N3S. The number of nitrogens with one attached hydrogen (secondary N) is 1. The highest BCUT2D eigenvalue weighted by Crippen LogP contribution is 2.26. The van der Waals surface area contributed by atoms with Gasteiger partial charge in [0.2, 0.25) is 0 Å². The minimum Gasteiger partial charge on any atom is -0.313 e. The van der Waals surface area contributed by atoms with Crippen molar-refractivity contribution in [3.8, 4) is 0 Å². The lowest BCUT2D eigenvalue weighted by molar-refractivity contribution is 0.652. The van der Waals surface area contributed by atoms with E-state index in [0.29, 0.717) is 6.04 Å². The number of aromatic nitrogens is 2. The summed E-state index contributed by atoms with van der Waals surface area (Å²) in [6.07, 6.45) is 3.33. The van der Waals surface area contributed by atoms with Crippen LogP contribution < -0.4 is 5.32 Å². The molecule has 0 aliphatic carbocycles. The van der Waals surface area contributed by atoms with Crippen molar-refractivity contribution >= 4 is 11.8 Å². The second kappa shape index (κ2) is 5.80. The van der Waals surface area contributed by atoms with E-state index >= 15 is 0 Å². The predicted molar refractivity (Wildman–Crippen MR) is 70.1 cm³/mol. The van der Waals surface area contributed by atoms with Gasteiger partial charge in [0.1, 0.15) is 11.4 Å². The summed E-state index contributed by atoms with van der Waals surface area (Å²) in [4.78, 5) is 9.28. The number of hydrogen-bond donors (Lipinski definition) is 1. The van der Waals surface area contributed by atoms with Gasteiger partial charge in [-0.2, -0.15) is 0 Å². The van der Waals surface area contributed by atoms with Crippen LogP contribution in [0.15, 0.2) is 52.8 Å². The summed E-state index contributed by atoms with van der Waals surface area (Å²) >= 11 is 1.64. The summed E-state index contributed by atoms with van der Waals surface area (Å²) in [7, 11) is 1.97. The Labute approximate surface area is 106 Å². The molecule has 2 rings (SSSR count). The molecular weight excluding hydrogens is 230 g/mol. The Morgan fingerprint density at radius 2 is 1.94 bits per heavy atom. The Hall–Kier alpha value is -1.39. The molecule has 0 saturated carbocycles. The van der Waals surface area contributed by atoms with Gasteiger partial charge in [-0.15, -0.1) is 0 Å². The van der Waals surface area contributed by atoms with E-state index in [2.05, 4.69) is 46.5 Å². The van der Waals surface area contributed by atoms with Crippen LogP contribution in [-0.4, -0.2) is 17.0 Å². The highest BCUT2D eigenvalue weighted by Gasteiger charge is 2.03. The fraction of sp³-hybridized carbons (Fsp3) is 0.231. The molecule has 1 aromatic carbocycles. The van der Waals surface area contributed by atoms with Gasteiger partial charge in [0.25, 0.3) is 0 Å². The van der Waals surface area contributed by atoms with Crippen LogP contribution in [0.4, 0.5) is 0 Å². The van der Waals surface area contributed by atoms with Crippen molar-refractivity contribution in [2.24, 2.45) is 0 Å². The summed E-state index contributed by atoms with van der Waals surface area (Å²) in [5, 5.41) is 4.19. The number of nitrogens with zero attached hydrogens (tertiary/aromatic N) is 2. The summed E-state index contributed by atoms with van der Waals surface area (Å²) in [5.41, 5.74) is 1.29. The lowest BCUT2D eigenvalue weighted by Crippen LogP contribution is -2.11. The molecule has 0 fully saturated rings. The lowest BCUT2D eigenvalue weighted by Gasteiger charge is -2.10. The van der Waals surface area contributed by atoms with Crippen molar-refractivity contribution < 1.29 is 0 Å². The van der Waals surface area contributed by atoms with E-state index in [1.54, 1.807) is 24.3 Å². The fourth-order valence-corrected chi connectivity index (χ4v) is 2.19. The molecule has 0 spiro atoms. The zero-order chi connectivity index (χ0) is 12.1. The Morgan fingerprint density at radius 3 is 2.53 bits per heavy atom. The topological polar surface area (TPSA) is 37.8 Å². The van der Waals surface area contributed by atoms with E-state index < -0.39 is 0 Å². The van der Waals surface area contributed by atoms with E-state index in [4.69, 9.17) is 0 Å². The molecule has 0 bridgehead atoms. The number of benzene rings is 1. The van der Waals surface area contributed by atoms with Gasteiger partial charge in [0.15, 0.2) is 0 Å². The Kier molecular flexibility index (Phi) is 4.12. The molecule has 0 amide bonds. The maximum atomic E-state index is 4.19. The van der Waals surface area contributed by atoms with Crippen LogP contribution in [0.3, 0.4) is 0 Å². The smallest absolute Gasteiger partial charge is 0.116 e. The Bertz CT molecular complexity index is 456. The van der Waals surface area contributed by atoms with Gasteiger partial charge in [-0.3, -0.25) is 0 Å². The first-order chi connectivity index (χ1) is 8.29. The quantitative estimate of drug-likeness (QED) is 0.840. The first kappa shape index (κ1) is 12.1. The van der Waals surface area contributed by atoms with Crippen molar-refractivity contribution in [2.75, 3.05) is 7.05 Å². The minimum atomic E-state index is 0.383. The molecule has 2 aromatic rings. The van der Waals surface area contributed by atoms with Crippen LogP contribution in [0.25, 0.3) is 0 Å². The first-order valence-electron chi connectivity index (χ1n) is 5.50. The average molecular weight is 245 g/mol. The third-order valence-corrected chi connectivity index (χ3v) is 3.55. The largest absolute Gasteiger partial charge is 0.313 e. The molecule has 0 saturated heterocycles. The van der Waals surface area contributed by atoms with E-state index in [1.165, 1.54) is 10.5 Å². The number of hydrogen-bond acceptors (Lipinski definition) is 4. The molecule has 0 radical (unpaired) electrons. The van der Waals surface area contributed by atoms with Crippen molar-refractivity contribution in [2.45, 2.75) is 22.9 Å². The van der Waals surface area contributed by atoms with Gasteiger partial charge in [0.05, 0.1) is 0 Å². The number of rotatable bonds is 4. The van der Waals surface area contributed by atoms with Gasteiger partial charge in [-0.25, -0.2) is 9.97 Å². The van der Waals surface area contributed by atoms with Crippen molar-refractivity contribution in [3.63, 3.8) is 0 Å². The Morgan fingerprint density at radius 1 is 1.18 bits per heavy atom. The zero-order valence-corrected chi connectivity index (χ0v) is 10.7. The van der Waals surface area contributed by atoms with Gasteiger partial charge in [0, 0.05) is 17.1 Å². The van der Waals surface area contributed by atoms with E-state index in [9.17, 15) is 0 Å². The van der Waals surface area contributed by atoms with Crippen molar-refractivity contribution in [1.82, 2.24) is 15.3 Å². The van der Waals surface area contributed by atoms with Crippen LogP contribution >= 0.6 is 11.8 Å². The van der Waals surface area contributed by atoms with Gasteiger partial charge < -0.3 is 5.32 Å². The third kappa shape index (κ3) is 3.28. The molecule has 88 valence electrons. The zero-order valence-electron chi connectivity index (χ0n) is 9.92. The van der Waals surface area contributed by atoms with E-state index in [-0.39, 0.29) is 0 Å². The maximum Gasteiger partial charge on any atom is 0.116 e. The average Bonchev–Trinajstić information content (AvgIpc) is 2.40. The molecule has 1 unspecified atom stereocenters. The lowest BCUT2D eigenvalue weighted by atomic mass is 10.1. The molecule has 1 atom stereocenters. The summed E-state index contributed by atoms with van der Waals surface area (Å²) in [5.74, 6) is 0. The molecule has 1 aromatic heterocycles. The molecule has 4 heteroatoms. The molecule has 1 heterocycles. The molecule has 17 heavy (non-hydrogen) atoms. The molecule has 1 N–H and O–H groups in total. The van der Waals surface area contributed by atoms with Gasteiger partial charge in [-0.1, -0.05) is 23.9 Å². The van der Waals surface area contributed by atoms with E-state index in [0.717, 1.165) is 5.03 Å². The molecule has 0 aliphatic heterocycles. The summed E-state index contributed by atoms with van der Waals surface area (Å²) in [6.45, 7) is 2.15. The van der Waals surface area contributed by atoms with Crippen LogP contribution in [0.1, 0.15) is 18.5 Å². The monoisotopic (exact) mass is 245 g/mol. The van der Waals surface area contributed by atoms with Crippen molar-refractivity contribution in [3.05, 3.63) is 48.4 Å². The highest BCUT2D eigenvalue weighted by atomic mass is 32.2. The first-order valence-corrected chi connectivity index (χ1v) is 6.32. The maximum absolute atomic E-state index is 4.19. The Balaban J connectivity index is 2.08. The SMILES string of the molecule is CNC(C)c1ccc(Sc2ccncn2)cc1. The van der Waals surface area contributed by atoms with Gasteiger partial charge >= 0.3 is 0 Å². The highest BCUT2D eigenvalue weighted by molar-refractivity contribution is 7.99. The fourth-order valence-electron chi connectivity index (χ4n) is 1.45. The van der Waals surface area contributed by atoms with Crippen LogP contribution in [-0.2, 0) is 0 Å². The van der Waals surface area contributed by atoms with Crippen LogP contribution in [0, 0.1) is 0 Å². The summed E-state index contributed by atoms with van der Waals surface area (Å²) < 4.78 is 0. The van der Waals surface area contributed by atoms with Crippen LogP contribution in [0.5, 0.6) is 0 Å². The second-order valence-corrected chi connectivity index (χ2v) is 4.82. The van der Waals surface area contributed by atoms with Crippen LogP contribution in [0.2, 0.25) is 0 Å². The van der Waals surface area contributed by atoms with E-state index in [1.807, 2.05) is 13.1 Å². The molecule has 0 aliphatic rings. The predicted octanol–water partition coefficient (Wildman–Crippen LogP) is 2.91. The van der Waals surface area contributed by atoms with Gasteiger partial charge in [-0.05, 0) is 37.7 Å². The third-order valence-electron chi connectivity index (χ3n) is 2.59. The minimum absolute atomic E-state index is 0.383. The molecule has 3 nitrogen and oxygen atoms in total. The normalized spacial score (nSPS) is 12.4. The van der Waals surface area contributed by atoms with Crippen molar-refractivity contribution in [1.29, 1.82) is 0 Å². The standard InChI is InChI=1S/C13H15N3S/c1-10(14-2)11-3-5-12(6-4-11)17-13-7-8-15-9-16-13/h3-10,14H,1-2H3. The summed E-state index contributed by atoms with van der Waals surface area (Å²) in [6, 6.07) is 10.8. The second-order valence-electron chi connectivity index (χ2n) is 3.73.